The Morgan fingerprint density at radius 1 is 1.14 bits per heavy atom. The van der Waals surface area contributed by atoms with Gasteiger partial charge in [0, 0.05) is 28.9 Å². The Hall–Kier alpha value is -3.15. The number of H-pyrrole nitrogens is 1. The van der Waals surface area contributed by atoms with Gasteiger partial charge in [0.1, 0.15) is 5.82 Å². The first kappa shape index (κ1) is 18.2. The molecule has 0 saturated heterocycles. The van der Waals surface area contributed by atoms with Gasteiger partial charge in [-0.1, -0.05) is 30.3 Å². The molecule has 144 valence electrons. The lowest BCUT2D eigenvalue weighted by atomic mass is 9.83. The summed E-state index contributed by atoms with van der Waals surface area (Å²) in [7, 11) is 0. The number of aromatic nitrogens is 1. The zero-order valence-electron chi connectivity index (χ0n) is 15.4. The number of hydrogen-bond donors (Lipinski definition) is 3. The number of aryl methyl sites for hydroxylation is 1. The van der Waals surface area contributed by atoms with E-state index in [1.807, 2.05) is 24.3 Å². The molecular formula is C22H22FN3O2. The summed E-state index contributed by atoms with van der Waals surface area (Å²) in [5.41, 5.74) is 9.48. The molecule has 0 spiro atoms. The Kier molecular flexibility index (Phi) is 4.86. The molecule has 0 radical (unpaired) electrons. The van der Waals surface area contributed by atoms with Crippen molar-refractivity contribution in [1.29, 1.82) is 0 Å². The maximum absolute atomic E-state index is 13.0. The third-order valence-corrected chi connectivity index (χ3v) is 5.46. The number of para-hydroxylation sites is 1. The van der Waals surface area contributed by atoms with Crippen LogP contribution in [-0.4, -0.2) is 16.8 Å². The van der Waals surface area contributed by atoms with E-state index in [2.05, 4.69) is 10.3 Å². The first-order valence-electron chi connectivity index (χ1n) is 9.44. The Labute approximate surface area is 162 Å². The summed E-state index contributed by atoms with van der Waals surface area (Å²) in [6.45, 7) is 0. The number of nitrogens with one attached hydrogen (secondary N) is 2. The van der Waals surface area contributed by atoms with Gasteiger partial charge in [0.25, 0.3) is 0 Å². The molecule has 5 nitrogen and oxygen atoms in total. The van der Waals surface area contributed by atoms with Gasteiger partial charge in [0.15, 0.2) is 0 Å². The van der Waals surface area contributed by atoms with Gasteiger partial charge in [-0.15, -0.1) is 0 Å². The Morgan fingerprint density at radius 3 is 2.64 bits per heavy atom. The standard InChI is InChI=1S/C22H22FN3O2/c23-15-8-5-13(6-9-15)7-10-20(27)25-19-12-14(22(24)28)11-17-16-3-1-2-4-18(16)26-21(17)19/h1-6,8-9,14,19,26H,7,10-12H2,(H2,24,28)(H,25,27). The van der Waals surface area contributed by atoms with Gasteiger partial charge in [-0.05, 0) is 48.6 Å². The normalized spacial score (nSPS) is 18.6. The molecule has 0 aliphatic heterocycles. The summed E-state index contributed by atoms with van der Waals surface area (Å²) in [5, 5.41) is 4.11. The molecule has 1 aliphatic carbocycles. The van der Waals surface area contributed by atoms with E-state index in [-0.39, 0.29) is 29.6 Å². The topological polar surface area (TPSA) is 88.0 Å². The van der Waals surface area contributed by atoms with Crippen molar-refractivity contribution < 1.29 is 14.0 Å². The summed E-state index contributed by atoms with van der Waals surface area (Å²) in [5.74, 6) is -1.06. The van der Waals surface area contributed by atoms with Crippen molar-refractivity contribution in [2.24, 2.45) is 11.7 Å². The molecule has 28 heavy (non-hydrogen) atoms. The molecule has 1 aromatic heterocycles. The van der Waals surface area contributed by atoms with Gasteiger partial charge in [-0.2, -0.15) is 0 Å². The van der Waals surface area contributed by atoms with Crippen LogP contribution in [0.4, 0.5) is 4.39 Å². The van der Waals surface area contributed by atoms with Crippen molar-refractivity contribution in [3.8, 4) is 0 Å². The molecule has 3 aromatic rings. The molecule has 2 amide bonds. The number of amides is 2. The number of halogens is 1. The van der Waals surface area contributed by atoms with Crippen LogP contribution >= 0.6 is 0 Å². The molecule has 6 heteroatoms. The number of hydrogen-bond acceptors (Lipinski definition) is 2. The van der Waals surface area contributed by atoms with E-state index in [1.54, 1.807) is 12.1 Å². The number of carbonyl (C=O) groups is 2. The van der Waals surface area contributed by atoms with Crippen molar-refractivity contribution in [3.05, 3.63) is 71.2 Å². The van der Waals surface area contributed by atoms with E-state index in [1.165, 1.54) is 12.1 Å². The van der Waals surface area contributed by atoms with E-state index < -0.39 is 0 Å². The van der Waals surface area contributed by atoms with Crippen LogP contribution < -0.4 is 11.1 Å². The lowest BCUT2D eigenvalue weighted by molar-refractivity contribution is -0.124. The summed E-state index contributed by atoms with van der Waals surface area (Å²) >= 11 is 0. The number of fused-ring (bicyclic) bond motifs is 3. The van der Waals surface area contributed by atoms with Crippen LogP contribution in [0.3, 0.4) is 0 Å². The minimum atomic E-state index is -0.346. The lowest BCUT2D eigenvalue weighted by Crippen LogP contribution is -2.37. The van der Waals surface area contributed by atoms with E-state index in [4.69, 9.17) is 5.73 Å². The first-order valence-corrected chi connectivity index (χ1v) is 9.44. The molecule has 4 N–H and O–H groups in total. The molecule has 0 bridgehead atoms. The molecule has 0 fully saturated rings. The smallest absolute Gasteiger partial charge is 0.220 e. The minimum Gasteiger partial charge on any atom is -0.369 e. The highest BCUT2D eigenvalue weighted by Crippen LogP contribution is 2.37. The molecule has 1 heterocycles. The van der Waals surface area contributed by atoms with Crippen molar-refractivity contribution in [3.63, 3.8) is 0 Å². The van der Waals surface area contributed by atoms with Gasteiger partial charge in [0.05, 0.1) is 6.04 Å². The monoisotopic (exact) mass is 379 g/mol. The fraction of sp³-hybridized carbons (Fsp3) is 0.273. The fourth-order valence-corrected chi connectivity index (χ4v) is 3.99. The lowest BCUT2D eigenvalue weighted by Gasteiger charge is -2.28. The second-order valence-corrected chi connectivity index (χ2v) is 7.35. The number of nitrogens with two attached hydrogens (primary N) is 1. The zero-order valence-corrected chi connectivity index (χ0v) is 15.4. The van der Waals surface area contributed by atoms with Gasteiger partial charge in [-0.3, -0.25) is 9.59 Å². The minimum absolute atomic E-state index is 0.107. The molecule has 2 unspecified atom stereocenters. The Morgan fingerprint density at radius 2 is 1.89 bits per heavy atom. The van der Waals surface area contributed by atoms with Crippen LogP contribution in [0.15, 0.2) is 48.5 Å². The first-order chi connectivity index (χ1) is 13.5. The SMILES string of the molecule is NC(=O)C1Cc2c([nH]c3ccccc23)C(NC(=O)CCc2ccc(F)cc2)C1. The van der Waals surface area contributed by atoms with Crippen LogP contribution in [0.2, 0.25) is 0 Å². The third-order valence-electron chi connectivity index (χ3n) is 5.46. The van der Waals surface area contributed by atoms with Crippen molar-refractivity contribution in [1.82, 2.24) is 10.3 Å². The Bertz CT molecular complexity index is 1030. The maximum Gasteiger partial charge on any atom is 0.220 e. The van der Waals surface area contributed by atoms with Crippen LogP contribution in [0, 0.1) is 11.7 Å². The molecule has 2 aromatic carbocycles. The van der Waals surface area contributed by atoms with Crippen molar-refractivity contribution >= 4 is 22.7 Å². The van der Waals surface area contributed by atoms with Crippen LogP contribution in [0.1, 0.15) is 35.7 Å². The number of carbonyl (C=O) groups excluding carboxylic acids is 2. The second-order valence-electron chi connectivity index (χ2n) is 7.35. The van der Waals surface area contributed by atoms with E-state index in [9.17, 15) is 14.0 Å². The van der Waals surface area contributed by atoms with Gasteiger partial charge in [-0.25, -0.2) is 4.39 Å². The molecular weight excluding hydrogens is 357 g/mol. The highest BCUT2D eigenvalue weighted by molar-refractivity contribution is 5.87. The maximum atomic E-state index is 13.0. The van der Waals surface area contributed by atoms with Gasteiger partial charge in [0.2, 0.25) is 11.8 Å². The predicted molar refractivity (Wildman–Crippen MR) is 105 cm³/mol. The number of aromatic amines is 1. The summed E-state index contributed by atoms with van der Waals surface area (Å²) in [4.78, 5) is 27.8. The second kappa shape index (κ2) is 7.46. The van der Waals surface area contributed by atoms with Crippen molar-refractivity contribution in [2.75, 3.05) is 0 Å². The summed E-state index contributed by atoms with van der Waals surface area (Å²) in [6, 6.07) is 13.8. The summed E-state index contributed by atoms with van der Waals surface area (Å²) < 4.78 is 13.0. The van der Waals surface area contributed by atoms with Gasteiger partial charge < -0.3 is 16.0 Å². The highest BCUT2D eigenvalue weighted by atomic mass is 19.1. The molecule has 2 atom stereocenters. The van der Waals surface area contributed by atoms with Gasteiger partial charge >= 0.3 is 0 Å². The van der Waals surface area contributed by atoms with Crippen LogP contribution in [0.25, 0.3) is 10.9 Å². The number of benzene rings is 2. The molecule has 4 rings (SSSR count). The molecule has 1 aliphatic rings. The van der Waals surface area contributed by atoms with E-state index in [0.29, 0.717) is 25.7 Å². The average Bonchev–Trinajstić information content (AvgIpc) is 3.06. The van der Waals surface area contributed by atoms with E-state index in [0.717, 1.165) is 27.7 Å². The predicted octanol–water partition coefficient (Wildman–Crippen LogP) is 3.14. The summed E-state index contributed by atoms with van der Waals surface area (Å²) in [6.07, 6.45) is 1.88. The molecule has 0 saturated carbocycles. The average molecular weight is 379 g/mol. The fourth-order valence-electron chi connectivity index (χ4n) is 3.99. The third kappa shape index (κ3) is 3.63. The van der Waals surface area contributed by atoms with Crippen LogP contribution in [0.5, 0.6) is 0 Å². The van der Waals surface area contributed by atoms with Crippen LogP contribution in [-0.2, 0) is 22.4 Å². The quantitative estimate of drug-likeness (QED) is 0.636. The van der Waals surface area contributed by atoms with E-state index >= 15 is 0 Å². The van der Waals surface area contributed by atoms with Crippen molar-refractivity contribution in [2.45, 2.75) is 31.7 Å². The largest absolute Gasteiger partial charge is 0.369 e. The zero-order chi connectivity index (χ0) is 19.7. The number of rotatable bonds is 5. The highest BCUT2D eigenvalue weighted by Gasteiger charge is 2.33. The Balaban J connectivity index is 1.52. The number of primary amides is 1.